The number of ether oxygens (including phenoxy) is 1. The van der Waals surface area contributed by atoms with Crippen LogP contribution < -0.4 is 5.32 Å². The fourth-order valence-corrected chi connectivity index (χ4v) is 5.48. The van der Waals surface area contributed by atoms with Gasteiger partial charge in [-0.3, -0.25) is 4.79 Å². The smallest absolute Gasteiger partial charge is 0.273 e. The van der Waals surface area contributed by atoms with Crippen molar-refractivity contribution in [2.24, 2.45) is 17.8 Å². The zero-order chi connectivity index (χ0) is 17.8. The number of fused-ring (bicyclic) bond motifs is 2. The Bertz CT molecular complexity index is 856. The number of nitrogens with one attached hydrogen (secondary N) is 1. The van der Waals surface area contributed by atoms with Gasteiger partial charge in [-0.05, 0) is 24.8 Å². The van der Waals surface area contributed by atoms with Gasteiger partial charge in [0.15, 0.2) is 11.3 Å². The molecule has 1 amide bonds. The van der Waals surface area contributed by atoms with E-state index < -0.39 is 0 Å². The topological polar surface area (TPSA) is 68.5 Å². The molecule has 138 valence electrons. The monoisotopic (exact) mass is 374 g/mol. The lowest BCUT2D eigenvalue weighted by molar-refractivity contribution is -0.0784. The summed E-state index contributed by atoms with van der Waals surface area (Å²) in [5.74, 6) is 1.34. The minimum atomic E-state index is -0.198. The van der Waals surface area contributed by atoms with Crippen LogP contribution in [0.5, 0.6) is 0 Å². The average molecular weight is 375 g/mol. The first-order valence-electron chi connectivity index (χ1n) is 9.56. The summed E-state index contributed by atoms with van der Waals surface area (Å²) in [5.41, 5.74) is 1.75. The van der Waals surface area contributed by atoms with Crippen molar-refractivity contribution in [1.29, 1.82) is 0 Å². The fraction of sp³-hybridized carbons (Fsp3) is 0.632. The number of carbonyl (C=O) groups is 1. The molecule has 3 aliphatic rings. The van der Waals surface area contributed by atoms with Crippen molar-refractivity contribution < 1.29 is 9.53 Å². The van der Waals surface area contributed by atoms with E-state index in [2.05, 4.69) is 15.4 Å². The number of hydrogen-bond donors (Lipinski definition) is 1. The van der Waals surface area contributed by atoms with Gasteiger partial charge in [0.05, 0.1) is 6.10 Å². The van der Waals surface area contributed by atoms with Gasteiger partial charge in [0.25, 0.3) is 5.91 Å². The van der Waals surface area contributed by atoms with Gasteiger partial charge in [0.2, 0.25) is 0 Å². The summed E-state index contributed by atoms with van der Waals surface area (Å²) in [6.07, 6.45) is 10.0. The van der Waals surface area contributed by atoms with Crippen LogP contribution in [0.4, 0.5) is 0 Å². The molecule has 3 heterocycles. The minimum Gasteiger partial charge on any atom is -0.377 e. The zero-order valence-corrected chi connectivity index (χ0v) is 15.6. The molecule has 1 saturated heterocycles. The van der Waals surface area contributed by atoms with Crippen molar-refractivity contribution in [3.63, 3.8) is 0 Å². The van der Waals surface area contributed by atoms with E-state index in [4.69, 9.17) is 16.3 Å². The van der Waals surface area contributed by atoms with Crippen LogP contribution in [0.1, 0.15) is 48.2 Å². The van der Waals surface area contributed by atoms with Crippen molar-refractivity contribution in [2.45, 2.75) is 51.2 Å². The maximum absolute atomic E-state index is 12.9. The molecule has 2 aromatic heterocycles. The van der Waals surface area contributed by atoms with Gasteiger partial charge in [0.1, 0.15) is 5.02 Å². The van der Waals surface area contributed by atoms with Gasteiger partial charge in [-0.2, -0.15) is 5.10 Å². The molecule has 26 heavy (non-hydrogen) atoms. The average Bonchev–Trinajstić information content (AvgIpc) is 3.33. The van der Waals surface area contributed by atoms with Crippen molar-refractivity contribution in [3.05, 3.63) is 28.7 Å². The molecule has 2 aromatic rings. The van der Waals surface area contributed by atoms with Crippen LogP contribution in [0.25, 0.3) is 5.65 Å². The third kappa shape index (κ3) is 2.46. The molecular weight excluding hydrogens is 352 g/mol. The zero-order valence-electron chi connectivity index (χ0n) is 14.8. The van der Waals surface area contributed by atoms with Crippen LogP contribution in [0, 0.1) is 24.7 Å². The summed E-state index contributed by atoms with van der Waals surface area (Å²) < 4.78 is 7.56. The van der Waals surface area contributed by atoms with Crippen LogP contribution in [0.2, 0.25) is 5.02 Å². The highest BCUT2D eigenvalue weighted by atomic mass is 35.5. The first kappa shape index (κ1) is 16.5. The van der Waals surface area contributed by atoms with E-state index in [0.717, 1.165) is 18.6 Å². The Labute approximate surface area is 157 Å². The van der Waals surface area contributed by atoms with Crippen LogP contribution in [-0.4, -0.2) is 39.3 Å². The molecular formula is C19H23ClN4O2. The van der Waals surface area contributed by atoms with E-state index in [0.29, 0.717) is 34.5 Å². The Morgan fingerprint density at radius 3 is 2.96 bits per heavy atom. The predicted octanol–water partition coefficient (Wildman–Crippen LogP) is 3.01. The molecule has 5 rings (SSSR count). The number of hydrogen-bond acceptors (Lipinski definition) is 4. The van der Waals surface area contributed by atoms with E-state index in [9.17, 15) is 4.79 Å². The second kappa shape index (κ2) is 6.20. The van der Waals surface area contributed by atoms with Crippen molar-refractivity contribution in [1.82, 2.24) is 19.9 Å². The Balaban J connectivity index is 1.40. The molecule has 1 N–H and O–H groups in total. The Morgan fingerprint density at radius 1 is 1.35 bits per heavy atom. The standard InChI is InChI=1S/C19H23ClN4O2/c1-10-8-21-18-14(20)16(23-24(18)9-10)19(25)22-15-12-6-7-26-17(12)13(15)11-4-2-3-5-11/h8-9,11-13,15,17H,2-7H2,1H3,(H,22,25)/t12-,13+,15-,17-/m0/s1. The largest absolute Gasteiger partial charge is 0.377 e. The van der Waals surface area contributed by atoms with Gasteiger partial charge in [-0.1, -0.05) is 37.3 Å². The summed E-state index contributed by atoms with van der Waals surface area (Å²) in [5, 5.41) is 7.93. The number of aryl methyl sites for hydroxylation is 1. The maximum atomic E-state index is 12.9. The highest BCUT2D eigenvalue weighted by Crippen LogP contribution is 2.51. The lowest BCUT2D eigenvalue weighted by Crippen LogP contribution is -2.63. The molecule has 3 fully saturated rings. The molecule has 1 aliphatic heterocycles. The van der Waals surface area contributed by atoms with E-state index in [-0.39, 0.29) is 17.6 Å². The minimum absolute atomic E-state index is 0.175. The second-order valence-corrected chi connectivity index (χ2v) is 8.35. The van der Waals surface area contributed by atoms with Gasteiger partial charge < -0.3 is 10.1 Å². The van der Waals surface area contributed by atoms with E-state index in [1.54, 1.807) is 10.7 Å². The Kier molecular flexibility index (Phi) is 3.94. The van der Waals surface area contributed by atoms with Crippen LogP contribution in [-0.2, 0) is 4.74 Å². The maximum Gasteiger partial charge on any atom is 0.273 e. The molecule has 0 radical (unpaired) electrons. The molecule has 2 saturated carbocycles. The summed E-state index contributed by atoms with van der Waals surface area (Å²) >= 11 is 6.39. The highest BCUT2D eigenvalue weighted by Gasteiger charge is 2.57. The quantitative estimate of drug-likeness (QED) is 0.896. The second-order valence-electron chi connectivity index (χ2n) is 7.97. The molecule has 0 unspecified atom stereocenters. The summed E-state index contributed by atoms with van der Waals surface area (Å²) in [6.45, 7) is 2.74. The number of rotatable bonds is 3. The predicted molar refractivity (Wildman–Crippen MR) is 97.3 cm³/mol. The normalized spacial score (nSPS) is 31.2. The van der Waals surface area contributed by atoms with Crippen molar-refractivity contribution in [2.75, 3.05) is 6.61 Å². The number of nitrogens with zero attached hydrogens (tertiary/aromatic N) is 3. The summed E-state index contributed by atoms with van der Waals surface area (Å²) in [4.78, 5) is 17.2. The van der Waals surface area contributed by atoms with Crippen LogP contribution in [0.3, 0.4) is 0 Å². The molecule has 2 aliphatic carbocycles. The molecule has 4 atom stereocenters. The third-order valence-corrected chi connectivity index (χ3v) is 6.79. The number of aromatic nitrogens is 3. The first-order chi connectivity index (χ1) is 12.6. The van der Waals surface area contributed by atoms with Gasteiger partial charge in [-0.15, -0.1) is 0 Å². The van der Waals surface area contributed by atoms with E-state index in [1.165, 1.54) is 25.7 Å². The van der Waals surface area contributed by atoms with Gasteiger partial charge in [-0.25, -0.2) is 9.50 Å². The molecule has 6 nitrogen and oxygen atoms in total. The van der Waals surface area contributed by atoms with Gasteiger partial charge in [0, 0.05) is 36.9 Å². The summed E-state index contributed by atoms with van der Waals surface area (Å²) in [6, 6.07) is 0.175. The molecule has 0 bridgehead atoms. The van der Waals surface area contributed by atoms with Crippen LogP contribution >= 0.6 is 11.6 Å². The fourth-order valence-electron chi connectivity index (χ4n) is 5.23. The Hall–Kier alpha value is -1.66. The lowest BCUT2D eigenvalue weighted by atomic mass is 9.61. The highest BCUT2D eigenvalue weighted by molar-refractivity contribution is 6.36. The lowest BCUT2D eigenvalue weighted by Gasteiger charge is -2.50. The molecule has 0 spiro atoms. The van der Waals surface area contributed by atoms with E-state index in [1.807, 2.05) is 13.1 Å². The number of carbonyl (C=O) groups excluding carboxylic acids is 1. The number of halogens is 1. The van der Waals surface area contributed by atoms with Gasteiger partial charge >= 0.3 is 0 Å². The molecule has 7 heteroatoms. The SMILES string of the molecule is Cc1cnc2c(Cl)c(C(=O)N[C@H]3[C@@H]4CCO[C@@H]4[C@@H]3C3CCCC3)nn2c1. The van der Waals surface area contributed by atoms with Crippen molar-refractivity contribution >= 4 is 23.2 Å². The summed E-state index contributed by atoms with van der Waals surface area (Å²) in [7, 11) is 0. The van der Waals surface area contributed by atoms with Crippen LogP contribution in [0.15, 0.2) is 12.4 Å². The number of amides is 1. The molecule has 0 aromatic carbocycles. The van der Waals surface area contributed by atoms with Crippen molar-refractivity contribution in [3.8, 4) is 0 Å². The first-order valence-corrected chi connectivity index (χ1v) is 9.94. The third-order valence-electron chi connectivity index (χ3n) is 6.44. The Morgan fingerprint density at radius 2 is 2.15 bits per heavy atom. The van der Waals surface area contributed by atoms with E-state index >= 15 is 0 Å².